The Morgan fingerprint density at radius 1 is 1.15 bits per heavy atom. The van der Waals surface area contributed by atoms with Crippen molar-refractivity contribution < 1.29 is 5.11 Å². The van der Waals surface area contributed by atoms with E-state index < -0.39 is 0 Å². The zero-order chi connectivity index (χ0) is 17.7. The molecular formula is C24H31NO. The van der Waals surface area contributed by atoms with Crippen LogP contribution in [-0.2, 0) is 0 Å². The fraction of sp³-hybridized carbons (Fsp3) is 0.708. The number of aliphatic hydroxyl groups excluding tert-OH is 1. The molecule has 0 radical (unpaired) electrons. The van der Waals surface area contributed by atoms with E-state index in [0.717, 1.165) is 18.3 Å². The highest BCUT2D eigenvalue weighted by molar-refractivity contribution is 5.72. The minimum absolute atomic E-state index is 0.0500. The highest BCUT2D eigenvalue weighted by atomic mass is 16.3. The molecule has 138 valence electrons. The molecule has 1 heterocycles. The van der Waals surface area contributed by atoms with Crippen LogP contribution in [0, 0.1) is 39.9 Å². The second-order valence-corrected chi connectivity index (χ2v) is 10.6. The molecule has 6 rings (SSSR count). The Labute approximate surface area is 157 Å². The molecule has 1 unspecified atom stereocenters. The molecule has 5 aliphatic rings. The largest absolute Gasteiger partial charge is 0.393 e. The molecule has 1 aromatic rings. The SMILES string of the molecule is C[C@]12CC[C@H]3[C@@H](CC(O)[C@]45C[C@H]4CC[C@]35C)[C@@H]1CC=C2c1cccnc1. The van der Waals surface area contributed by atoms with Gasteiger partial charge in [0.2, 0.25) is 0 Å². The molecule has 8 atom stereocenters. The summed E-state index contributed by atoms with van der Waals surface area (Å²) >= 11 is 0. The number of allylic oxidation sites excluding steroid dienone is 2. The maximum Gasteiger partial charge on any atom is 0.0607 e. The molecule has 4 saturated carbocycles. The summed E-state index contributed by atoms with van der Waals surface area (Å²) in [6, 6.07) is 4.30. The van der Waals surface area contributed by atoms with Crippen LogP contribution in [0.4, 0.5) is 0 Å². The minimum atomic E-state index is -0.0500. The normalized spacial score (nSPS) is 54.0. The first-order valence-corrected chi connectivity index (χ1v) is 10.8. The Balaban J connectivity index is 1.37. The number of fused-ring (bicyclic) bond motifs is 4. The number of pyridine rings is 1. The van der Waals surface area contributed by atoms with E-state index in [-0.39, 0.29) is 11.5 Å². The second-order valence-electron chi connectivity index (χ2n) is 10.6. The van der Waals surface area contributed by atoms with Gasteiger partial charge in [-0.2, -0.15) is 0 Å². The molecule has 0 aliphatic heterocycles. The van der Waals surface area contributed by atoms with Gasteiger partial charge in [-0.1, -0.05) is 26.0 Å². The maximum absolute atomic E-state index is 11.2. The number of hydrogen-bond donors (Lipinski definition) is 1. The average molecular weight is 350 g/mol. The van der Waals surface area contributed by atoms with E-state index in [9.17, 15) is 5.11 Å². The molecule has 2 heteroatoms. The first-order chi connectivity index (χ1) is 12.5. The smallest absolute Gasteiger partial charge is 0.0607 e. The lowest BCUT2D eigenvalue weighted by molar-refractivity contribution is -0.140. The molecule has 1 aromatic heterocycles. The van der Waals surface area contributed by atoms with Crippen molar-refractivity contribution in [3.8, 4) is 0 Å². The maximum atomic E-state index is 11.2. The second kappa shape index (κ2) is 4.82. The van der Waals surface area contributed by atoms with Gasteiger partial charge in [-0.25, -0.2) is 0 Å². The van der Waals surface area contributed by atoms with Crippen molar-refractivity contribution >= 4 is 5.57 Å². The van der Waals surface area contributed by atoms with Gasteiger partial charge < -0.3 is 5.11 Å². The predicted molar refractivity (Wildman–Crippen MR) is 103 cm³/mol. The van der Waals surface area contributed by atoms with Crippen LogP contribution in [0.1, 0.15) is 64.4 Å². The molecule has 0 amide bonds. The van der Waals surface area contributed by atoms with Crippen LogP contribution in [0.2, 0.25) is 0 Å². The summed E-state index contributed by atoms with van der Waals surface area (Å²) in [7, 11) is 0. The Kier molecular flexibility index (Phi) is 2.94. The van der Waals surface area contributed by atoms with Crippen LogP contribution in [0.15, 0.2) is 30.6 Å². The quantitative estimate of drug-likeness (QED) is 0.766. The van der Waals surface area contributed by atoms with Gasteiger partial charge in [0.25, 0.3) is 0 Å². The Hall–Kier alpha value is -1.15. The number of aliphatic hydroxyl groups is 1. The van der Waals surface area contributed by atoms with E-state index in [4.69, 9.17) is 0 Å². The van der Waals surface area contributed by atoms with Crippen LogP contribution in [-0.4, -0.2) is 16.2 Å². The zero-order valence-corrected chi connectivity index (χ0v) is 16.1. The van der Waals surface area contributed by atoms with Crippen LogP contribution in [0.25, 0.3) is 5.57 Å². The summed E-state index contributed by atoms with van der Waals surface area (Å²) in [6.07, 6.45) is 15.4. The Morgan fingerprint density at radius 3 is 2.81 bits per heavy atom. The monoisotopic (exact) mass is 349 g/mol. The number of rotatable bonds is 1. The third-order valence-corrected chi connectivity index (χ3v) is 10.1. The van der Waals surface area contributed by atoms with Gasteiger partial charge in [-0.05, 0) is 96.7 Å². The van der Waals surface area contributed by atoms with Gasteiger partial charge in [0.1, 0.15) is 0 Å². The summed E-state index contributed by atoms with van der Waals surface area (Å²) in [5.41, 5.74) is 3.83. The summed E-state index contributed by atoms with van der Waals surface area (Å²) < 4.78 is 0. The highest BCUT2D eigenvalue weighted by Gasteiger charge is 2.76. The van der Waals surface area contributed by atoms with E-state index in [1.807, 2.05) is 12.4 Å². The molecule has 0 bridgehead atoms. The fourth-order valence-electron chi connectivity index (χ4n) is 8.85. The van der Waals surface area contributed by atoms with Gasteiger partial charge in [0.05, 0.1) is 6.10 Å². The van der Waals surface area contributed by atoms with Gasteiger partial charge in [0, 0.05) is 17.8 Å². The molecule has 1 N–H and O–H groups in total. The molecule has 1 spiro atoms. The van der Waals surface area contributed by atoms with Crippen molar-refractivity contribution in [2.24, 2.45) is 39.9 Å². The topological polar surface area (TPSA) is 33.1 Å². The van der Waals surface area contributed by atoms with Crippen LogP contribution < -0.4 is 0 Å². The number of nitrogens with zero attached hydrogens (tertiary/aromatic N) is 1. The Bertz CT molecular complexity index is 787. The molecule has 26 heavy (non-hydrogen) atoms. The van der Waals surface area contributed by atoms with Crippen LogP contribution in [0.5, 0.6) is 0 Å². The van der Waals surface area contributed by atoms with E-state index in [1.54, 1.807) is 0 Å². The molecule has 0 saturated heterocycles. The summed E-state index contributed by atoms with van der Waals surface area (Å²) in [4.78, 5) is 4.38. The summed E-state index contributed by atoms with van der Waals surface area (Å²) in [5, 5.41) is 11.2. The lowest BCUT2D eigenvalue weighted by Gasteiger charge is -2.60. The van der Waals surface area contributed by atoms with E-state index >= 15 is 0 Å². The summed E-state index contributed by atoms with van der Waals surface area (Å²) in [6.45, 7) is 5.07. The lowest BCUT2D eigenvalue weighted by Crippen LogP contribution is -2.56. The van der Waals surface area contributed by atoms with Crippen molar-refractivity contribution in [3.63, 3.8) is 0 Å². The van der Waals surface area contributed by atoms with Crippen molar-refractivity contribution in [1.29, 1.82) is 0 Å². The van der Waals surface area contributed by atoms with E-state index in [1.165, 1.54) is 49.7 Å². The van der Waals surface area contributed by atoms with Gasteiger partial charge in [-0.15, -0.1) is 0 Å². The first kappa shape index (κ1) is 15.9. The van der Waals surface area contributed by atoms with Crippen molar-refractivity contribution in [2.45, 2.75) is 64.9 Å². The lowest BCUT2D eigenvalue weighted by atomic mass is 9.45. The zero-order valence-electron chi connectivity index (χ0n) is 16.1. The standard InChI is InChI=1S/C24H31NO/c1-22-9-8-20-17(12-21(26)24-13-16(24)7-10-23(20,24)2)19(22)6-5-18(22)15-4-3-11-25-14-15/h3-5,11,14,16-17,19-21,26H,6-10,12-13H2,1-2H3/t16-,17+,19+,20+,21?,22-,23-,24+/m1/s1. The van der Waals surface area contributed by atoms with Crippen LogP contribution in [0.3, 0.4) is 0 Å². The molecule has 5 aliphatic carbocycles. The van der Waals surface area contributed by atoms with Gasteiger partial charge >= 0.3 is 0 Å². The van der Waals surface area contributed by atoms with Gasteiger partial charge in [0.15, 0.2) is 0 Å². The molecule has 2 nitrogen and oxygen atoms in total. The molecule has 4 fully saturated rings. The van der Waals surface area contributed by atoms with Crippen molar-refractivity contribution in [1.82, 2.24) is 4.98 Å². The van der Waals surface area contributed by atoms with Gasteiger partial charge in [-0.3, -0.25) is 4.98 Å². The third kappa shape index (κ3) is 1.63. The van der Waals surface area contributed by atoms with E-state index in [0.29, 0.717) is 22.7 Å². The Morgan fingerprint density at radius 2 is 2.04 bits per heavy atom. The number of hydrogen-bond acceptors (Lipinski definition) is 2. The molecule has 0 aromatic carbocycles. The van der Waals surface area contributed by atoms with Crippen LogP contribution >= 0.6 is 0 Å². The third-order valence-electron chi connectivity index (χ3n) is 10.1. The minimum Gasteiger partial charge on any atom is -0.393 e. The summed E-state index contributed by atoms with van der Waals surface area (Å²) in [5.74, 6) is 3.07. The van der Waals surface area contributed by atoms with Crippen molar-refractivity contribution in [3.05, 3.63) is 36.2 Å². The first-order valence-electron chi connectivity index (χ1n) is 10.8. The highest BCUT2D eigenvalue weighted by Crippen LogP contribution is 2.81. The average Bonchev–Trinajstić information content (AvgIpc) is 3.17. The van der Waals surface area contributed by atoms with E-state index in [2.05, 4.69) is 37.0 Å². The number of aromatic nitrogens is 1. The molecular weight excluding hydrogens is 318 g/mol. The fourth-order valence-corrected chi connectivity index (χ4v) is 8.85. The predicted octanol–water partition coefficient (Wildman–Crippen LogP) is 5.09. The van der Waals surface area contributed by atoms with Crippen molar-refractivity contribution in [2.75, 3.05) is 0 Å².